The van der Waals surface area contributed by atoms with E-state index in [-0.39, 0.29) is 6.54 Å². The van der Waals surface area contributed by atoms with Crippen molar-refractivity contribution in [3.63, 3.8) is 0 Å². The van der Waals surface area contributed by atoms with E-state index < -0.39 is 29.4 Å². The van der Waals surface area contributed by atoms with Crippen molar-refractivity contribution in [2.45, 2.75) is 65.6 Å². The molecule has 0 radical (unpaired) electrons. The van der Waals surface area contributed by atoms with E-state index in [9.17, 15) is 14.4 Å². The summed E-state index contributed by atoms with van der Waals surface area (Å²) in [5.74, 6) is -0.921. The third-order valence-electron chi connectivity index (χ3n) is 3.00. The Balaban J connectivity index is 4.09. The predicted molar refractivity (Wildman–Crippen MR) is 102 cm³/mol. The number of hydrogen-bond acceptors (Lipinski definition) is 6. The highest BCUT2D eigenvalue weighted by Gasteiger charge is 2.17. The first-order valence-electron chi connectivity index (χ1n) is 9.16. The van der Waals surface area contributed by atoms with Crippen molar-refractivity contribution < 1.29 is 29.0 Å². The summed E-state index contributed by atoms with van der Waals surface area (Å²) >= 11 is 0. The van der Waals surface area contributed by atoms with Crippen LogP contribution < -0.4 is 10.6 Å². The summed E-state index contributed by atoms with van der Waals surface area (Å²) in [6, 6.07) is 0. The number of carboxylic acid groups (broad SMARTS) is 1. The number of carbonyl (C=O) groups excluding carboxylic acids is 2. The zero-order valence-corrected chi connectivity index (χ0v) is 17.4. The van der Waals surface area contributed by atoms with Gasteiger partial charge in [0.1, 0.15) is 11.2 Å². The van der Waals surface area contributed by atoms with Gasteiger partial charge < -0.3 is 25.2 Å². The maximum Gasteiger partial charge on any atom is 0.407 e. The molecule has 2 amide bonds. The molecule has 3 N–H and O–H groups in total. The molecule has 0 saturated heterocycles. The molecule has 0 heterocycles. The zero-order valence-electron chi connectivity index (χ0n) is 17.4. The average molecular weight is 389 g/mol. The lowest BCUT2D eigenvalue weighted by Crippen LogP contribution is -2.37. The second-order valence-electron chi connectivity index (χ2n) is 8.23. The van der Waals surface area contributed by atoms with Gasteiger partial charge in [-0.3, -0.25) is 9.69 Å². The fraction of sp³-hybridized carbons (Fsp3) is 0.833. The standard InChI is InChI=1S/C18H35N3O6/c1-17(2,3)26-15(24)19-9-7-11-21(13-14(22)23)12-8-10-20-16(25)27-18(4,5)6/h7-13H2,1-6H3,(H,19,24)(H,20,25)(H,22,23). The Labute approximate surface area is 161 Å². The maximum absolute atomic E-state index is 11.6. The maximum atomic E-state index is 11.6. The van der Waals surface area contributed by atoms with Gasteiger partial charge in [0.25, 0.3) is 0 Å². The Morgan fingerprint density at radius 3 is 1.48 bits per heavy atom. The summed E-state index contributed by atoms with van der Waals surface area (Å²) in [4.78, 5) is 35.9. The molecule has 0 rings (SSSR count). The van der Waals surface area contributed by atoms with Crippen LogP contribution in [-0.2, 0) is 14.3 Å². The molecule has 9 heteroatoms. The molecule has 0 spiro atoms. The van der Waals surface area contributed by atoms with Crippen molar-refractivity contribution >= 4 is 18.2 Å². The van der Waals surface area contributed by atoms with E-state index in [0.29, 0.717) is 39.0 Å². The largest absolute Gasteiger partial charge is 0.480 e. The first-order valence-corrected chi connectivity index (χ1v) is 9.16. The highest BCUT2D eigenvalue weighted by Crippen LogP contribution is 2.07. The quantitative estimate of drug-likeness (QED) is 0.490. The summed E-state index contributed by atoms with van der Waals surface area (Å²) in [6.07, 6.45) is 0.195. The average Bonchev–Trinajstić information content (AvgIpc) is 2.43. The van der Waals surface area contributed by atoms with Crippen molar-refractivity contribution in [2.24, 2.45) is 0 Å². The van der Waals surface area contributed by atoms with Crippen LogP contribution in [0, 0.1) is 0 Å². The number of rotatable bonds is 10. The number of carbonyl (C=O) groups is 3. The van der Waals surface area contributed by atoms with Crippen molar-refractivity contribution in [3.8, 4) is 0 Å². The summed E-state index contributed by atoms with van der Waals surface area (Å²) in [6.45, 7) is 12.4. The molecule has 0 unspecified atom stereocenters. The Morgan fingerprint density at radius 2 is 1.19 bits per heavy atom. The third-order valence-corrected chi connectivity index (χ3v) is 3.00. The van der Waals surface area contributed by atoms with Gasteiger partial charge in [0.2, 0.25) is 0 Å². The summed E-state index contributed by atoms with van der Waals surface area (Å²) in [5.41, 5.74) is -1.11. The number of carboxylic acids is 1. The molecule has 158 valence electrons. The lowest BCUT2D eigenvalue weighted by molar-refractivity contribution is -0.138. The van der Waals surface area contributed by atoms with Crippen LogP contribution in [0.1, 0.15) is 54.4 Å². The van der Waals surface area contributed by atoms with E-state index in [1.165, 1.54) is 0 Å². The lowest BCUT2D eigenvalue weighted by Gasteiger charge is -2.22. The van der Waals surface area contributed by atoms with E-state index in [2.05, 4.69) is 10.6 Å². The molecule has 0 aromatic heterocycles. The number of alkyl carbamates (subject to hydrolysis) is 2. The number of ether oxygens (including phenoxy) is 2. The number of hydrogen-bond donors (Lipinski definition) is 3. The van der Waals surface area contributed by atoms with Crippen LogP contribution in [-0.4, -0.2) is 72.1 Å². The predicted octanol–water partition coefficient (Wildman–Crippen LogP) is 2.20. The fourth-order valence-electron chi connectivity index (χ4n) is 2.08. The third kappa shape index (κ3) is 17.2. The number of nitrogens with zero attached hydrogens (tertiary/aromatic N) is 1. The molecule has 0 aliphatic heterocycles. The SMILES string of the molecule is CC(C)(C)OC(=O)NCCCN(CCCNC(=O)OC(C)(C)C)CC(=O)O. The van der Waals surface area contributed by atoms with Crippen LogP contribution in [0.4, 0.5) is 9.59 Å². The van der Waals surface area contributed by atoms with Gasteiger partial charge in [-0.2, -0.15) is 0 Å². The molecule has 0 bridgehead atoms. The second-order valence-corrected chi connectivity index (χ2v) is 8.23. The molecule has 0 aliphatic carbocycles. The topological polar surface area (TPSA) is 117 Å². The van der Waals surface area contributed by atoms with Crippen LogP contribution in [0.25, 0.3) is 0 Å². The van der Waals surface area contributed by atoms with Gasteiger partial charge in [-0.05, 0) is 54.4 Å². The Bertz CT molecular complexity index is 446. The van der Waals surface area contributed by atoms with Crippen molar-refractivity contribution in [1.29, 1.82) is 0 Å². The molecule has 0 saturated carbocycles. The van der Waals surface area contributed by atoms with E-state index in [1.807, 2.05) is 0 Å². The molecule has 9 nitrogen and oxygen atoms in total. The normalized spacial score (nSPS) is 11.8. The van der Waals surface area contributed by atoms with E-state index in [1.54, 1.807) is 46.4 Å². The van der Waals surface area contributed by atoms with Crippen molar-refractivity contribution in [3.05, 3.63) is 0 Å². The summed E-state index contributed by atoms with van der Waals surface area (Å²) in [7, 11) is 0. The Kier molecular flexibility index (Phi) is 10.8. The molecule has 27 heavy (non-hydrogen) atoms. The Hall–Kier alpha value is -2.03. The van der Waals surface area contributed by atoms with Crippen LogP contribution in [0.5, 0.6) is 0 Å². The van der Waals surface area contributed by atoms with E-state index in [0.717, 1.165) is 0 Å². The second kappa shape index (κ2) is 11.6. The van der Waals surface area contributed by atoms with E-state index >= 15 is 0 Å². The van der Waals surface area contributed by atoms with Crippen molar-refractivity contribution in [1.82, 2.24) is 15.5 Å². The van der Waals surface area contributed by atoms with Gasteiger partial charge in [0.05, 0.1) is 6.54 Å². The minimum absolute atomic E-state index is 0.0983. The van der Waals surface area contributed by atoms with Gasteiger partial charge in [0.15, 0.2) is 0 Å². The van der Waals surface area contributed by atoms with Crippen LogP contribution in [0.15, 0.2) is 0 Å². The number of aliphatic carboxylic acids is 1. The minimum Gasteiger partial charge on any atom is -0.480 e. The van der Waals surface area contributed by atoms with Gasteiger partial charge in [-0.1, -0.05) is 0 Å². The zero-order chi connectivity index (χ0) is 21.1. The number of nitrogens with one attached hydrogen (secondary N) is 2. The first-order chi connectivity index (χ1) is 12.3. The Morgan fingerprint density at radius 1 is 0.815 bits per heavy atom. The highest BCUT2D eigenvalue weighted by molar-refractivity contribution is 5.69. The molecular formula is C18H35N3O6. The van der Waals surface area contributed by atoms with Gasteiger partial charge in [-0.25, -0.2) is 9.59 Å². The van der Waals surface area contributed by atoms with Crippen LogP contribution >= 0.6 is 0 Å². The highest BCUT2D eigenvalue weighted by atomic mass is 16.6. The minimum atomic E-state index is -0.921. The molecule has 0 aromatic rings. The van der Waals surface area contributed by atoms with Gasteiger partial charge in [-0.15, -0.1) is 0 Å². The van der Waals surface area contributed by atoms with E-state index in [4.69, 9.17) is 14.6 Å². The molecule has 0 fully saturated rings. The smallest absolute Gasteiger partial charge is 0.407 e. The molecule has 0 aliphatic rings. The van der Waals surface area contributed by atoms with Gasteiger partial charge >= 0.3 is 18.2 Å². The van der Waals surface area contributed by atoms with Crippen molar-refractivity contribution in [2.75, 3.05) is 32.7 Å². The van der Waals surface area contributed by atoms with Gasteiger partial charge in [0, 0.05) is 26.2 Å². The fourth-order valence-corrected chi connectivity index (χ4v) is 2.08. The number of amides is 2. The lowest BCUT2D eigenvalue weighted by atomic mass is 10.2. The molecule has 0 atom stereocenters. The van der Waals surface area contributed by atoms with Crippen LogP contribution in [0.3, 0.4) is 0 Å². The summed E-state index contributed by atoms with van der Waals surface area (Å²) in [5, 5.41) is 14.3. The monoisotopic (exact) mass is 389 g/mol. The molecule has 0 aromatic carbocycles. The molecular weight excluding hydrogens is 354 g/mol. The summed E-state index contributed by atoms with van der Waals surface area (Å²) < 4.78 is 10.3. The first kappa shape index (κ1) is 25.0. The van der Waals surface area contributed by atoms with Crippen LogP contribution in [0.2, 0.25) is 0 Å².